The molecule has 0 aliphatic carbocycles. The Balaban J connectivity index is 2.76. The zero-order valence-corrected chi connectivity index (χ0v) is 9.44. The van der Waals surface area contributed by atoms with Gasteiger partial charge in [-0.25, -0.2) is 0 Å². The molecule has 0 radical (unpaired) electrons. The van der Waals surface area contributed by atoms with Crippen LogP contribution in [0.3, 0.4) is 0 Å². The highest BCUT2D eigenvalue weighted by Gasteiger charge is 1.95. The molecule has 16 heavy (non-hydrogen) atoms. The monoisotopic (exact) mass is 216 g/mol. The molecule has 0 atom stereocenters. The Bertz CT molecular complexity index is 397. The summed E-state index contributed by atoms with van der Waals surface area (Å²) in [4.78, 5) is 0. The minimum atomic E-state index is 0.0809. The molecule has 1 aromatic carbocycles. The largest absolute Gasteiger partial charge is 0.392 e. The predicted molar refractivity (Wildman–Crippen MR) is 65.1 cm³/mol. The smallest absolute Gasteiger partial charge is 0.107 e. The maximum Gasteiger partial charge on any atom is 0.107 e. The third-order valence-electron chi connectivity index (χ3n) is 2.07. The Hall–Kier alpha value is -1.56. The lowest BCUT2D eigenvalue weighted by Crippen LogP contribution is -1.89. The summed E-state index contributed by atoms with van der Waals surface area (Å²) < 4.78 is 4.88. The topological polar surface area (TPSA) is 29.5 Å². The number of rotatable bonds is 4. The van der Waals surface area contributed by atoms with Gasteiger partial charge in [0, 0.05) is 12.7 Å². The van der Waals surface area contributed by atoms with Gasteiger partial charge in [-0.3, -0.25) is 0 Å². The highest BCUT2D eigenvalue weighted by molar-refractivity contribution is 5.42. The van der Waals surface area contributed by atoms with E-state index in [0.717, 1.165) is 17.5 Å². The lowest BCUT2D eigenvalue weighted by Gasteiger charge is -2.00. The van der Waals surface area contributed by atoms with Crippen LogP contribution in [0.4, 0.5) is 0 Å². The summed E-state index contributed by atoms with van der Waals surface area (Å²) in [7, 11) is 1.63. The first-order valence-corrected chi connectivity index (χ1v) is 5.20. The molecule has 0 amide bonds. The summed E-state index contributed by atoms with van der Waals surface area (Å²) in [6.07, 6.45) is 4.47. The first kappa shape index (κ1) is 12.5. The lowest BCUT2D eigenvalue weighted by molar-refractivity contribution is 0.240. The first-order valence-electron chi connectivity index (χ1n) is 5.20. The van der Waals surface area contributed by atoms with Crippen molar-refractivity contribution in [2.45, 2.75) is 6.42 Å². The van der Waals surface area contributed by atoms with Crippen LogP contribution >= 0.6 is 0 Å². The van der Waals surface area contributed by atoms with Crippen molar-refractivity contribution in [2.75, 3.05) is 20.3 Å². The van der Waals surface area contributed by atoms with Crippen molar-refractivity contribution in [1.29, 1.82) is 0 Å². The minimum Gasteiger partial charge on any atom is -0.392 e. The molecule has 84 valence electrons. The second-order valence-corrected chi connectivity index (χ2v) is 3.25. The zero-order valence-electron chi connectivity index (χ0n) is 9.44. The van der Waals surface area contributed by atoms with Crippen LogP contribution < -0.4 is 0 Å². The highest BCUT2D eigenvalue weighted by Crippen LogP contribution is 2.08. The number of aliphatic hydroxyl groups excluding tert-OH is 1. The molecule has 1 aromatic rings. The van der Waals surface area contributed by atoms with Gasteiger partial charge in [-0.1, -0.05) is 42.2 Å². The fourth-order valence-corrected chi connectivity index (χ4v) is 1.31. The van der Waals surface area contributed by atoms with Crippen molar-refractivity contribution in [3.05, 3.63) is 47.5 Å². The van der Waals surface area contributed by atoms with Crippen molar-refractivity contribution >= 4 is 0 Å². The van der Waals surface area contributed by atoms with Gasteiger partial charge >= 0.3 is 0 Å². The molecule has 0 heterocycles. The number of hydrogen-bond donors (Lipinski definition) is 1. The molecule has 0 fully saturated rings. The molecule has 0 saturated carbocycles. The van der Waals surface area contributed by atoms with Crippen molar-refractivity contribution in [1.82, 2.24) is 0 Å². The second kappa shape index (κ2) is 7.70. The molecule has 0 bridgehead atoms. The van der Waals surface area contributed by atoms with E-state index in [9.17, 15) is 0 Å². The van der Waals surface area contributed by atoms with E-state index in [-0.39, 0.29) is 6.61 Å². The Kier molecular flexibility index (Phi) is 6.02. The van der Waals surface area contributed by atoms with Crippen LogP contribution in [0, 0.1) is 11.8 Å². The van der Waals surface area contributed by atoms with E-state index in [1.54, 1.807) is 13.2 Å². The molecule has 2 nitrogen and oxygen atoms in total. The number of hydrogen-bond acceptors (Lipinski definition) is 2. The molecule has 0 aliphatic rings. The summed E-state index contributed by atoms with van der Waals surface area (Å²) in [6, 6.07) is 7.99. The van der Waals surface area contributed by atoms with E-state index in [1.165, 1.54) is 0 Å². The molecule has 0 aliphatic heterocycles. The van der Waals surface area contributed by atoms with E-state index in [0.29, 0.717) is 6.61 Å². The molecule has 0 unspecified atom stereocenters. The van der Waals surface area contributed by atoms with Gasteiger partial charge in [0.25, 0.3) is 0 Å². The molecule has 0 aromatic heterocycles. The third kappa shape index (κ3) is 4.31. The van der Waals surface area contributed by atoms with Gasteiger partial charge in [0.1, 0.15) is 6.61 Å². The SMILES string of the molecule is COCC#Cc1ccccc1C/C=C/CO. The Labute approximate surface area is 96.6 Å². The fraction of sp³-hybridized carbons (Fsp3) is 0.286. The van der Waals surface area contributed by atoms with E-state index < -0.39 is 0 Å². The number of benzene rings is 1. The van der Waals surface area contributed by atoms with Gasteiger partial charge in [0.15, 0.2) is 0 Å². The summed E-state index contributed by atoms with van der Waals surface area (Å²) in [5.74, 6) is 6.01. The summed E-state index contributed by atoms with van der Waals surface area (Å²) >= 11 is 0. The number of aliphatic hydroxyl groups is 1. The first-order chi connectivity index (χ1) is 7.88. The quantitative estimate of drug-likeness (QED) is 0.614. The molecular formula is C14H16O2. The van der Waals surface area contributed by atoms with Crippen molar-refractivity contribution in [2.24, 2.45) is 0 Å². The van der Waals surface area contributed by atoms with Gasteiger partial charge in [-0.05, 0) is 18.1 Å². The van der Waals surface area contributed by atoms with Gasteiger partial charge in [0.2, 0.25) is 0 Å². The van der Waals surface area contributed by atoms with E-state index >= 15 is 0 Å². The molecule has 1 N–H and O–H groups in total. The number of ether oxygens (including phenoxy) is 1. The number of methoxy groups -OCH3 is 1. The lowest BCUT2D eigenvalue weighted by atomic mass is 10.0. The van der Waals surface area contributed by atoms with E-state index in [2.05, 4.69) is 11.8 Å². The Morgan fingerprint density at radius 1 is 1.31 bits per heavy atom. The molecular weight excluding hydrogens is 200 g/mol. The van der Waals surface area contributed by atoms with Crippen LogP contribution in [-0.2, 0) is 11.2 Å². The number of allylic oxidation sites excluding steroid dienone is 1. The molecule has 2 heteroatoms. The summed E-state index contributed by atoms with van der Waals surface area (Å²) in [6.45, 7) is 0.526. The average molecular weight is 216 g/mol. The van der Waals surface area contributed by atoms with Crippen LogP contribution in [0.25, 0.3) is 0 Å². The molecule has 1 rings (SSSR count). The van der Waals surface area contributed by atoms with Crippen LogP contribution in [0.2, 0.25) is 0 Å². The maximum absolute atomic E-state index is 8.66. The standard InChI is InChI=1S/C14H16O2/c1-16-12-6-10-14-8-3-2-7-13(14)9-4-5-11-15/h2-5,7-8,15H,9,11-12H2,1H3/b5-4+. The van der Waals surface area contributed by atoms with Gasteiger partial charge in [-0.15, -0.1) is 0 Å². The minimum absolute atomic E-state index is 0.0809. The van der Waals surface area contributed by atoms with Crippen LogP contribution in [-0.4, -0.2) is 25.4 Å². The maximum atomic E-state index is 8.66. The summed E-state index contributed by atoms with van der Waals surface area (Å²) in [5, 5.41) is 8.66. The Morgan fingerprint density at radius 3 is 2.88 bits per heavy atom. The van der Waals surface area contributed by atoms with Crippen molar-refractivity contribution < 1.29 is 9.84 Å². The van der Waals surface area contributed by atoms with Gasteiger partial charge < -0.3 is 9.84 Å². The highest BCUT2D eigenvalue weighted by atomic mass is 16.5. The van der Waals surface area contributed by atoms with E-state index in [4.69, 9.17) is 9.84 Å². The van der Waals surface area contributed by atoms with Crippen molar-refractivity contribution in [3.8, 4) is 11.8 Å². The van der Waals surface area contributed by atoms with Gasteiger partial charge in [-0.2, -0.15) is 0 Å². The second-order valence-electron chi connectivity index (χ2n) is 3.25. The third-order valence-corrected chi connectivity index (χ3v) is 2.07. The van der Waals surface area contributed by atoms with E-state index in [1.807, 2.05) is 30.3 Å². The Morgan fingerprint density at radius 2 is 2.12 bits per heavy atom. The molecule has 0 saturated heterocycles. The normalized spacial score (nSPS) is 10.1. The summed E-state index contributed by atoms with van der Waals surface area (Å²) in [5.41, 5.74) is 2.18. The van der Waals surface area contributed by atoms with Crippen LogP contribution in [0.5, 0.6) is 0 Å². The average Bonchev–Trinajstić information content (AvgIpc) is 2.32. The molecule has 0 spiro atoms. The fourth-order valence-electron chi connectivity index (χ4n) is 1.31. The van der Waals surface area contributed by atoms with Crippen LogP contribution in [0.1, 0.15) is 11.1 Å². The zero-order chi connectivity index (χ0) is 11.6. The van der Waals surface area contributed by atoms with Crippen LogP contribution in [0.15, 0.2) is 36.4 Å². The van der Waals surface area contributed by atoms with Gasteiger partial charge in [0.05, 0.1) is 6.61 Å². The van der Waals surface area contributed by atoms with Crippen molar-refractivity contribution in [3.63, 3.8) is 0 Å². The predicted octanol–water partition coefficient (Wildman–Crippen LogP) is 1.78.